The highest BCUT2D eigenvalue weighted by molar-refractivity contribution is 5.14. The van der Waals surface area contributed by atoms with Crippen LogP contribution in [0.15, 0.2) is 30.3 Å². The van der Waals surface area contributed by atoms with Crippen molar-refractivity contribution in [2.45, 2.75) is 6.42 Å². The Morgan fingerprint density at radius 3 is 2.18 bits per heavy atom. The summed E-state index contributed by atoms with van der Waals surface area (Å²) in [5.74, 6) is 0. The molecular formula is C9H15NO. The molecule has 0 spiro atoms. The Hall–Kier alpha value is -0.860. The number of benzene rings is 1. The summed E-state index contributed by atoms with van der Waals surface area (Å²) >= 11 is 0. The first kappa shape index (κ1) is 10.1. The molecule has 0 unspecified atom stereocenters. The first-order valence-electron chi connectivity index (χ1n) is 3.66. The number of aliphatic hydroxyl groups excluding tert-OH is 1. The molecular weight excluding hydrogens is 138 g/mol. The SMILES string of the molecule is CN.OCCc1ccccc1. The molecule has 2 heteroatoms. The second kappa shape index (κ2) is 7.25. The minimum Gasteiger partial charge on any atom is -0.396 e. The van der Waals surface area contributed by atoms with Gasteiger partial charge in [0.15, 0.2) is 0 Å². The third kappa shape index (κ3) is 4.53. The van der Waals surface area contributed by atoms with Crippen LogP contribution in [0.1, 0.15) is 5.56 Å². The lowest BCUT2D eigenvalue weighted by Crippen LogP contribution is -1.88. The normalized spacial score (nSPS) is 8.27. The third-order valence-corrected chi connectivity index (χ3v) is 1.24. The highest BCUT2D eigenvalue weighted by Gasteiger charge is 1.85. The smallest absolute Gasteiger partial charge is 0.0471 e. The molecule has 0 aliphatic carbocycles. The van der Waals surface area contributed by atoms with Crippen LogP contribution in [-0.2, 0) is 6.42 Å². The van der Waals surface area contributed by atoms with Gasteiger partial charge in [0.1, 0.15) is 0 Å². The van der Waals surface area contributed by atoms with Gasteiger partial charge in [0.2, 0.25) is 0 Å². The van der Waals surface area contributed by atoms with Crippen LogP contribution in [0, 0.1) is 0 Å². The fourth-order valence-corrected chi connectivity index (χ4v) is 0.774. The molecule has 2 nitrogen and oxygen atoms in total. The summed E-state index contributed by atoms with van der Waals surface area (Å²) in [4.78, 5) is 0. The van der Waals surface area contributed by atoms with Crippen molar-refractivity contribution in [1.29, 1.82) is 0 Å². The lowest BCUT2D eigenvalue weighted by atomic mass is 10.2. The zero-order valence-electron chi connectivity index (χ0n) is 6.83. The van der Waals surface area contributed by atoms with E-state index < -0.39 is 0 Å². The molecule has 1 rings (SSSR count). The Morgan fingerprint density at radius 1 is 1.18 bits per heavy atom. The van der Waals surface area contributed by atoms with Gasteiger partial charge in [-0.25, -0.2) is 0 Å². The van der Waals surface area contributed by atoms with E-state index in [1.165, 1.54) is 12.6 Å². The zero-order chi connectivity index (χ0) is 8.53. The van der Waals surface area contributed by atoms with E-state index in [9.17, 15) is 0 Å². The molecule has 0 saturated carbocycles. The Bertz CT molecular complexity index is 162. The van der Waals surface area contributed by atoms with Gasteiger partial charge in [0.25, 0.3) is 0 Å². The molecule has 0 amide bonds. The highest BCUT2D eigenvalue weighted by Crippen LogP contribution is 1.97. The van der Waals surface area contributed by atoms with Crippen molar-refractivity contribution in [2.24, 2.45) is 5.73 Å². The summed E-state index contributed by atoms with van der Waals surface area (Å²) in [6.07, 6.45) is 0.765. The quantitative estimate of drug-likeness (QED) is 0.660. The average molecular weight is 153 g/mol. The van der Waals surface area contributed by atoms with Crippen LogP contribution in [0.4, 0.5) is 0 Å². The van der Waals surface area contributed by atoms with Gasteiger partial charge in [-0.15, -0.1) is 0 Å². The predicted octanol–water partition coefficient (Wildman–Crippen LogP) is 0.796. The zero-order valence-corrected chi connectivity index (χ0v) is 6.83. The van der Waals surface area contributed by atoms with Gasteiger partial charge >= 0.3 is 0 Å². The Morgan fingerprint density at radius 2 is 1.73 bits per heavy atom. The topological polar surface area (TPSA) is 46.2 Å². The first-order chi connectivity index (χ1) is 5.43. The fourth-order valence-electron chi connectivity index (χ4n) is 0.774. The minimum absolute atomic E-state index is 0.240. The van der Waals surface area contributed by atoms with Crippen LogP contribution in [0.3, 0.4) is 0 Å². The summed E-state index contributed by atoms with van der Waals surface area (Å²) in [7, 11) is 1.50. The van der Waals surface area contributed by atoms with Crippen molar-refractivity contribution < 1.29 is 5.11 Å². The van der Waals surface area contributed by atoms with Gasteiger partial charge in [-0.2, -0.15) is 0 Å². The van der Waals surface area contributed by atoms with Gasteiger partial charge in [-0.1, -0.05) is 30.3 Å². The minimum atomic E-state index is 0.240. The molecule has 0 atom stereocenters. The van der Waals surface area contributed by atoms with Crippen LogP contribution in [0.25, 0.3) is 0 Å². The van der Waals surface area contributed by atoms with Gasteiger partial charge < -0.3 is 10.8 Å². The van der Waals surface area contributed by atoms with Crippen LogP contribution in [0.5, 0.6) is 0 Å². The number of nitrogens with two attached hydrogens (primary N) is 1. The maximum Gasteiger partial charge on any atom is 0.0471 e. The van der Waals surface area contributed by atoms with E-state index >= 15 is 0 Å². The summed E-state index contributed by atoms with van der Waals surface area (Å²) < 4.78 is 0. The Labute approximate surface area is 67.7 Å². The van der Waals surface area contributed by atoms with Gasteiger partial charge in [0.05, 0.1) is 0 Å². The number of hydrogen-bond acceptors (Lipinski definition) is 2. The number of rotatable bonds is 2. The van der Waals surface area contributed by atoms with E-state index in [2.05, 4.69) is 5.73 Å². The Balaban J connectivity index is 0.000000461. The second-order valence-electron chi connectivity index (χ2n) is 1.96. The van der Waals surface area contributed by atoms with Crippen LogP contribution in [0.2, 0.25) is 0 Å². The van der Waals surface area contributed by atoms with Crippen molar-refractivity contribution >= 4 is 0 Å². The summed E-state index contributed by atoms with van der Waals surface area (Å²) in [5, 5.41) is 8.52. The fraction of sp³-hybridized carbons (Fsp3) is 0.333. The van der Waals surface area contributed by atoms with Crippen molar-refractivity contribution in [2.75, 3.05) is 13.7 Å². The monoisotopic (exact) mass is 153 g/mol. The van der Waals surface area contributed by atoms with Crippen molar-refractivity contribution in [3.8, 4) is 0 Å². The molecule has 3 N–H and O–H groups in total. The predicted molar refractivity (Wildman–Crippen MR) is 47.3 cm³/mol. The maximum atomic E-state index is 8.52. The van der Waals surface area contributed by atoms with Crippen LogP contribution >= 0.6 is 0 Å². The van der Waals surface area contributed by atoms with Gasteiger partial charge in [-0.05, 0) is 19.0 Å². The van der Waals surface area contributed by atoms with Crippen molar-refractivity contribution in [3.63, 3.8) is 0 Å². The molecule has 0 aliphatic rings. The largest absolute Gasteiger partial charge is 0.396 e. The van der Waals surface area contributed by atoms with E-state index in [-0.39, 0.29) is 6.61 Å². The standard InChI is InChI=1S/C8H10O.CH5N/c9-7-6-8-4-2-1-3-5-8;1-2/h1-5,9H,6-7H2;2H2,1H3. The second-order valence-corrected chi connectivity index (χ2v) is 1.96. The summed E-state index contributed by atoms with van der Waals surface area (Å²) in [6, 6.07) is 9.95. The molecule has 1 aromatic rings. The maximum absolute atomic E-state index is 8.52. The molecule has 0 saturated heterocycles. The lowest BCUT2D eigenvalue weighted by Gasteiger charge is -1.93. The average Bonchev–Trinajstić information content (AvgIpc) is 2.11. The Kier molecular flexibility index (Phi) is 6.68. The first-order valence-corrected chi connectivity index (χ1v) is 3.66. The lowest BCUT2D eigenvalue weighted by molar-refractivity contribution is 0.299. The molecule has 11 heavy (non-hydrogen) atoms. The molecule has 0 bridgehead atoms. The summed E-state index contributed by atoms with van der Waals surface area (Å²) in [6.45, 7) is 0.240. The van der Waals surface area contributed by atoms with E-state index in [0.717, 1.165) is 6.42 Å². The third-order valence-electron chi connectivity index (χ3n) is 1.24. The van der Waals surface area contributed by atoms with Crippen LogP contribution < -0.4 is 5.73 Å². The molecule has 1 aromatic carbocycles. The van der Waals surface area contributed by atoms with E-state index in [1.807, 2.05) is 30.3 Å². The van der Waals surface area contributed by atoms with Crippen molar-refractivity contribution in [3.05, 3.63) is 35.9 Å². The highest BCUT2D eigenvalue weighted by atomic mass is 16.2. The molecule has 0 heterocycles. The molecule has 62 valence electrons. The molecule has 0 aromatic heterocycles. The van der Waals surface area contributed by atoms with Gasteiger partial charge in [-0.3, -0.25) is 0 Å². The summed E-state index contributed by atoms with van der Waals surface area (Å²) in [5.41, 5.74) is 5.69. The van der Waals surface area contributed by atoms with Crippen LogP contribution in [-0.4, -0.2) is 18.8 Å². The van der Waals surface area contributed by atoms with Crippen molar-refractivity contribution in [1.82, 2.24) is 0 Å². The molecule has 0 fully saturated rings. The van der Waals surface area contributed by atoms with E-state index in [1.54, 1.807) is 0 Å². The van der Waals surface area contributed by atoms with E-state index in [4.69, 9.17) is 5.11 Å². The number of aliphatic hydroxyl groups is 1. The number of hydrogen-bond donors (Lipinski definition) is 2. The molecule has 0 aliphatic heterocycles. The van der Waals surface area contributed by atoms with Gasteiger partial charge in [0, 0.05) is 6.61 Å². The molecule has 0 radical (unpaired) electrons. The van der Waals surface area contributed by atoms with E-state index in [0.29, 0.717) is 0 Å².